The van der Waals surface area contributed by atoms with Crippen molar-refractivity contribution in [1.82, 2.24) is 5.43 Å². The molecule has 1 atom stereocenters. The maximum absolute atomic E-state index is 13.1. The van der Waals surface area contributed by atoms with Gasteiger partial charge < -0.3 is 0 Å². The molecule has 21 heavy (non-hydrogen) atoms. The molecule has 0 heterocycles. The lowest BCUT2D eigenvalue weighted by molar-refractivity contribution is -0.138. The lowest BCUT2D eigenvalue weighted by atomic mass is 9.92. The second kappa shape index (κ2) is 6.05. The third-order valence-electron chi connectivity index (χ3n) is 3.36. The number of nitrogens with one attached hydrogen (secondary N) is 1. The molecule has 0 bridgehead atoms. The highest BCUT2D eigenvalue weighted by molar-refractivity contribution is 6.31. The van der Waals surface area contributed by atoms with Crippen LogP contribution in [0.5, 0.6) is 0 Å². The van der Waals surface area contributed by atoms with Gasteiger partial charge in [-0.25, -0.2) is 5.43 Å². The molecule has 2 rings (SSSR count). The van der Waals surface area contributed by atoms with Gasteiger partial charge in [-0.15, -0.1) is 0 Å². The van der Waals surface area contributed by atoms with Crippen molar-refractivity contribution in [2.45, 2.75) is 19.1 Å². The average molecular weight is 315 g/mol. The molecule has 0 aliphatic carbocycles. The van der Waals surface area contributed by atoms with Crippen molar-refractivity contribution in [3.63, 3.8) is 0 Å². The Morgan fingerprint density at radius 1 is 1.05 bits per heavy atom. The van der Waals surface area contributed by atoms with Gasteiger partial charge in [0.15, 0.2) is 0 Å². The summed E-state index contributed by atoms with van der Waals surface area (Å²) in [5.74, 6) is 5.51. The molecule has 0 spiro atoms. The smallest absolute Gasteiger partial charge is 0.271 e. The van der Waals surface area contributed by atoms with Gasteiger partial charge in [0.05, 0.1) is 11.6 Å². The number of halogens is 4. The quantitative estimate of drug-likeness (QED) is 0.657. The fourth-order valence-electron chi connectivity index (χ4n) is 2.29. The summed E-state index contributed by atoms with van der Waals surface area (Å²) in [6.45, 7) is 1.75. The molecule has 1 unspecified atom stereocenters. The third-order valence-corrected chi connectivity index (χ3v) is 3.77. The minimum Gasteiger partial charge on any atom is -0.271 e. The number of benzene rings is 2. The summed E-state index contributed by atoms with van der Waals surface area (Å²) in [6, 6.07) is 9.64. The molecule has 0 aromatic heterocycles. The molecule has 0 saturated heterocycles. The van der Waals surface area contributed by atoms with E-state index in [0.29, 0.717) is 16.1 Å². The van der Waals surface area contributed by atoms with Crippen LogP contribution in [0.2, 0.25) is 5.02 Å². The van der Waals surface area contributed by atoms with Crippen molar-refractivity contribution >= 4 is 11.6 Å². The predicted octanol–water partition coefficient (Wildman–Crippen LogP) is 4.22. The summed E-state index contributed by atoms with van der Waals surface area (Å²) in [5.41, 5.74) is 3.11. The molecule has 112 valence electrons. The lowest BCUT2D eigenvalue weighted by Gasteiger charge is -2.23. The Morgan fingerprint density at radius 3 is 2.29 bits per heavy atom. The molecular formula is C15H14ClF3N2. The van der Waals surface area contributed by atoms with Crippen molar-refractivity contribution in [1.29, 1.82) is 0 Å². The number of nitrogens with two attached hydrogens (primary N) is 1. The normalized spacial score (nSPS) is 13.2. The molecule has 3 N–H and O–H groups in total. The molecular weight excluding hydrogens is 301 g/mol. The van der Waals surface area contributed by atoms with E-state index in [9.17, 15) is 13.2 Å². The molecule has 2 aromatic rings. The van der Waals surface area contributed by atoms with Gasteiger partial charge in [-0.1, -0.05) is 41.9 Å². The second-order valence-corrected chi connectivity index (χ2v) is 5.05. The SMILES string of the molecule is Cc1c(Cl)cccc1C(NN)c1ccccc1C(F)(F)F. The molecule has 0 fully saturated rings. The summed E-state index contributed by atoms with van der Waals surface area (Å²) in [5, 5.41) is 0.484. The Labute approximate surface area is 125 Å². The van der Waals surface area contributed by atoms with Gasteiger partial charge in [0, 0.05) is 5.02 Å². The lowest BCUT2D eigenvalue weighted by Crippen LogP contribution is -2.31. The van der Waals surface area contributed by atoms with E-state index in [4.69, 9.17) is 17.4 Å². The van der Waals surface area contributed by atoms with Crippen LogP contribution in [0, 0.1) is 6.92 Å². The van der Waals surface area contributed by atoms with Crippen LogP contribution in [0.4, 0.5) is 13.2 Å². The first kappa shape index (κ1) is 15.8. The summed E-state index contributed by atoms with van der Waals surface area (Å²) >= 11 is 6.04. The predicted molar refractivity (Wildman–Crippen MR) is 76.8 cm³/mol. The Balaban J connectivity index is 2.60. The van der Waals surface area contributed by atoms with Gasteiger partial charge in [-0.2, -0.15) is 13.2 Å². The number of hydrogen-bond donors (Lipinski definition) is 2. The van der Waals surface area contributed by atoms with E-state index in [1.54, 1.807) is 31.2 Å². The number of hydrogen-bond acceptors (Lipinski definition) is 2. The summed E-state index contributed by atoms with van der Waals surface area (Å²) in [4.78, 5) is 0. The standard InChI is InChI=1S/C15H14ClF3N2/c1-9-10(6-4-8-13(9)16)14(21-20)11-5-2-3-7-12(11)15(17,18)19/h2-8,14,21H,20H2,1H3. The fourth-order valence-corrected chi connectivity index (χ4v) is 2.47. The number of rotatable bonds is 3. The highest BCUT2D eigenvalue weighted by Gasteiger charge is 2.35. The zero-order chi connectivity index (χ0) is 15.6. The molecule has 2 aromatic carbocycles. The monoisotopic (exact) mass is 314 g/mol. The summed E-state index contributed by atoms with van der Waals surface area (Å²) in [7, 11) is 0. The van der Waals surface area contributed by atoms with Crippen LogP contribution in [0.25, 0.3) is 0 Å². The van der Waals surface area contributed by atoms with Gasteiger partial charge in [0.25, 0.3) is 0 Å². The second-order valence-electron chi connectivity index (χ2n) is 4.64. The maximum atomic E-state index is 13.1. The highest BCUT2D eigenvalue weighted by atomic mass is 35.5. The topological polar surface area (TPSA) is 38.0 Å². The first-order chi connectivity index (χ1) is 9.86. The zero-order valence-electron chi connectivity index (χ0n) is 11.2. The molecule has 0 radical (unpaired) electrons. The van der Waals surface area contributed by atoms with E-state index in [-0.39, 0.29) is 5.56 Å². The van der Waals surface area contributed by atoms with Crippen LogP contribution in [0.15, 0.2) is 42.5 Å². The molecule has 0 aliphatic rings. The molecule has 0 aliphatic heterocycles. The van der Waals surface area contributed by atoms with E-state index in [2.05, 4.69) is 5.43 Å². The van der Waals surface area contributed by atoms with Crippen LogP contribution in [0.1, 0.15) is 28.3 Å². The van der Waals surface area contributed by atoms with Crippen molar-refractivity contribution in [3.05, 3.63) is 69.7 Å². The van der Waals surface area contributed by atoms with Crippen LogP contribution in [0.3, 0.4) is 0 Å². The van der Waals surface area contributed by atoms with Gasteiger partial charge in [0.1, 0.15) is 0 Å². The maximum Gasteiger partial charge on any atom is 0.416 e. The first-order valence-corrected chi connectivity index (χ1v) is 6.61. The van der Waals surface area contributed by atoms with Crippen molar-refractivity contribution in [2.24, 2.45) is 5.84 Å². The minimum absolute atomic E-state index is 0.0675. The minimum atomic E-state index is -4.45. The van der Waals surface area contributed by atoms with E-state index >= 15 is 0 Å². The Morgan fingerprint density at radius 2 is 1.67 bits per heavy atom. The van der Waals surface area contributed by atoms with E-state index < -0.39 is 17.8 Å². The molecule has 2 nitrogen and oxygen atoms in total. The highest BCUT2D eigenvalue weighted by Crippen LogP contribution is 2.37. The summed E-state index contributed by atoms with van der Waals surface area (Å²) < 4.78 is 39.4. The van der Waals surface area contributed by atoms with Crippen molar-refractivity contribution in [2.75, 3.05) is 0 Å². The third kappa shape index (κ3) is 3.20. The van der Waals surface area contributed by atoms with Gasteiger partial charge in [0.2, 0.25) is 0 Å². The largest absolute Gasteiger partial charge is 0.416 e. The van der Waals surface area contributed by atoms with Gasteiger partial charge >= 0.3 is 6.18 Å². The van der Waals surface area contributed by atoms with Gasteiger partial charge in [-0.05, 0) is 35.7 Å². The van der Waals surface area contributed by atoms with Crippen LogP contribution >= 0.6 is 11.6 Å². The molecule has 6 heteroatoms. The molecule has 0 amide bonds. The Bertz CT molecular complexity index is 641. The van der Waals surface area contributed by atoms with Crippen LogP contribution < -0.4 is 11.3 Å². The first-order valence-electron chi connectivity index (χ1n) is 6.23. The molecule has 0 saturated carbocycles. The van der Waals surface area contributed by atoms with Gasteiger partial charge in [-0.3, -0.25) is 5.84 Å². The van der Waals surface area contributed by atoms with Crippen LogP contribution in [-0.4, -0.2) is 0 Å². The van der Waals surface area contributed by atoms with E-state index in [1.165, 1.54) is 12.1 Å². The van der Waals surface area contributed by atoms with E-state index in [1.807, 2.05) is 0 Å². The van der Waals surface area contributed by atoms with E-state index in [0.717, 1.165) is 6.07 Å². The fraction of sp³-hybridized carbons (Fsp3) is 0.200. The van der Waals surface area contributed by atoms with Crippen molar-refractivity contribution < 1.29 is 13.2 Å². The zero-order valence-corrected chi connectivity index (χ0v) is 12.0. The Hall–Kier alpha value is -1.56. The number of alkyl halides is 3. The van der Waals surface area contributed by atoms with Crippen LogP contribution in [-0.2, 0) is 6.18 Å². The Kier molecular flexibility index (Phi) is 4.56. The average Bonchev–Trinajstić information content (AvgIpc) is 2.44. The number of hydrazine groups is 1. The van der Waals surface area contributed by atoms with Crippen molar-refractivity contribution in [3.8, 4) is 0 Å². The summed E-state index contributed by atoms with van der Waals surface area (Å²) in [6.07, 6.45) is -4.45.